The van der Waals surface area contributed by atoms with Crippen molar-refractivity contribution in [1.29, 1.82) is 0 Å². The molecule has 1 fully saturated rings. The van der Waals surface area contributed by atoms with Crippen molar-refractivity contribution in [2.24, 2.45) is 0 Å². The predicted octanol–water partition coefficient (Wildman–Crippen LogP) is 3.61. The number of fused-ring (bicyclic) bond motifs is 1. The first-order valence-electron chi connectivity index (χ1n) is 7.90. The highest BCUT2D eigenvalue weighted by atomic mass is 16.7. The molecular formula is C17H24BNO2. The minimum absolute atomic E-state index is 0.286. The normalized spacial score (nSPS) is 23.5. The lowest BCUT2D eigenvalue weighted by Crippen LogP contribution is -2.41. The van der Waals surface area contributed by atoms with Gasteiger partial charge in [-0.15, -0.1) is 0 Å². The second-order valence-corrected chi connectivity index (χ2v) is 7.03. The fourth-order valence-electron chi connectivity index (χ4n) is 2.84. The summed E-state index contributed by atoms with van der Waals surface area (Å²) in [6, 6.07) is 4.30. The summed E-state index contributed by atoms with van der Waals surface area (Å²) in [7, 11) is -0.298. The lowest BCUT2D eigenvalue weighted by molar-refractivity contribution is 0.00578. The Hall–Kier alpha value is -1.13. The van der Waals surface area contributed by atoms with E-state index in [1.807, 2.05) is 12.1 Å². The number of rotatable bonds is 2. The molecule has 0 unspecified atom stereocenters. The third kappa shape index (κ3) is 2.92. The monoisotopic (exact) mass is 285 g/mol. The molecule has 0 bridgehead atoms. The molecule has 1 aliphatic carbocycles. The number of nitrogens with zero attached hydrogens (tertiary/aromatic N) is 1. The van der Waals surface area contributed by atoms with E-state index >= 15 is 0 Å². The van der Waals surface area contributed by atoms with E-state index in [0.29, 0.717) is 0 Å². The molecule has 0 radical (unpaired) electrons. The van der Waals surface area contributed by atoms with E-state index in [9.17, 15) is 0 Å². The van der Waals surface area contributed by atoms with Crippen LogP contribution < -0.4 is 0 Å². The van der Waals surface area contributed by atoms with Gasteiger partial charge in [0, 0.05) is 5.69 Å². The Balaban J connectivity index is 1.73. The fourth-order valence-corrected chi connectivity index (χ4v) is 2.84. The minimum atomic E-state index is -0.298. The lowest BCUT2D eigenvalue weighted by atomic mass is 9.89. The van der Waals surface area contributed by atoms with E-state index in [1.165, 1.54) is 30.5 Å². The van der Waals surface area contributed by atoms with E-state index < -0.39 is 0 Å². The van der Waals surface area contributed by atoms with Crippen LogP contribution in [0.3, 0.4) is 0 Å². The van der Waals surface area contributed by atoms with E-state index in [-0.39, 0.29) is 18.3 Å². The average molecular weight is 285 g/mol. The molecule has 0 amide bonds. The Kier molecular flexibility index (Phi) is 3.70. The molecule has 3 nitrogen and oxygen atoms in total. The summed E-state index contributed by atoms with van der Waals surface area (Å²) in [6.07, 6.45) is 6.83. The van der Waals surface area contributed by atoms with E-state index in [1.54, 1.807) is 0 Å². The van der Waals surface area contributed by atoms with Gasteiger partial charge in [0.05, 0.1) is 16.9 Å². The van der Waals surface area contributed by atoms with Crippen LogP contribution in [-0.4, -0.2) is 23.3 Å². The van der Waals surface area contributed by atoms with Gasteiger partial charge in [-0.3, -0.25) is 4.98 Å². The molecule has 2 heterocycles. The molecule has 0 spiro atoms. The zero-order valence-electron chi connectivity index (χ0n) is 13.5. The molecule has 1 aromatic heterocycles. The van der Waals surface area contributed by atoms with Gasteiger partial charge in [0.25, 0.3) is 0 Å². The van der Waals surface area contributed by atoms with Crippen molar-refractivity contribution < 1.29 is 9.31 Å². The van der Waals surface area contributed by atoms with Crippen LogP contribution >= 0.6 is 0 Å². The summed E-state index contributed by atoms with van der Waals surface area (Å²) < 4.78 is 11.9. The second-order valence-electron chi connectivity index (χ2n) is 7.03. The van der Waals surface area contributed by atoms with Crippen LogP contribution in [0.15, 0.2) is 18.1 Å². The predicted molar refractivity (Wildman–Crippen MR) is 86.0 cm³/mol. The molecule has 0 atom stereocenters. The van der Waals surface area contributed by atoms with Gasteiger partial charge in [0.2, 0.25) is 0 Å². The third-order valence-corrected chi connectivity index (χ3v) is 4.90. The standard InChI is InChI=1S/C17H24BNO2/c1-16(2)17(3,4)21-18(20-16)12-11-14-10-9-13-7-5-6-8-15(13)19-14/h9-12H,5-8H2,1-4H3/b12-11+. The topological polar surface area (TPSA) is 31.4 Å². The largest absolute Gasteiger partial charge is 0.487 e. The highest BCUT2D eigenvalue weighted by Gasteiger charge is 2.49. The lowest BCUT2D eigenvalue weighted by Gasteiger charge is -2.32. The van der Waals surface area contributed by atoms with Crippen LogP contribution in [-0.2, 0) is 22.2 Å². The van der Waals surface area contributed by atoms with Crippen LogP contribution in [0.4, 0.5) is 0 Å². The van der Waals surface area contributed by atoms with Gasteiger partial charge in [0.15, 0.2) is 0 Å². The quantitative estimate of drug-likeness (QED) is 0.778. The molecule has 0 aromatic carbocycles. The van der Waals surface area contributed by atoms with Crippen molar-refractivity contribution in [3.63, 3.8) is 0 Å². The van der Waals surface area contributed by atoms with Crippen LogP contribution in [0.1, 0.15) is 57.5 Å². The van der Waals surface area contributed by atoms with Gasteiger partial charge in [-0.1, -0.05) is 12.0 Å². The number of aryl methyl sites for hydroxylation is 2. The smallest absolute Gasteiger partial charge is 0.400 e. The van der Waals surface area contributed by atoms with Crippen molar-refractivity contribution in [2.45, 2.75) is 64.6 Å². The minimum Gasteiger partial charge on any atom is -0.400 e. The molecule has 21 heavy (non-hydrogen) atoms. The summed E-state index contributed by atoms with van der Waals surface area (Å²) in [5.74, 6) is 1.97. The van der Waals surface area contributed by atoms with Crippen molar-refractivity contribution in [2.75, 3.05) is 0 Å². The number of hydrogen-bond acceptors (Lipinski definition) is 3. The molecule has 1 aromatic rings. The Labute approximate surface area is 127 Å². The highest BCUT2D eigenvalue weighted by molar-refractivity contribution is 6.52. The maximum Gasteiger partial charge on any atom is 0.487 e. The SMILES string of the molecule is CC1(C)OB(/C=C/c2ccc3c(n2)CCCC3)OC1(C)C. The third-order valence-electron chi connectivity index (χ3n) is 4.90. The zero-order chi connectivity index (χ0) is 15.1. The fraction of sp³-hybridized carbons (Fsp3) is 0.588. The van der Waals surface area contributed by atoms with Crippen molar-refractivity contribution >= 4 is 13.2 Å². The Morgan fingerprint density at radius 1 is 1.05 bits per heavy atom. The molecule has 1 aliphatic heterocycles. The number of aromatic nitrogens is 1. The van der Waals surface area contributed by atoms with Gasteiger partial charge in [-0.25, -0.2) is 0 Å². The summed E-state index contributed by atoms with van der Waals surface area (Å²) in [5.41, 5.74) is 3.09. The molecule has 0 saturated carbocycles. The summed E-state index contributed by atoms with van der Waals surface area (Å²) in [5, 5.41) is 0. The van der Waals surface area contributed by atoms with Gasteiger partial charge in [-0.2, -0.15) is 0 Å². The summed E-state index contributed by atoms with van der Waals surface area (Å²) in [6.45, 7) is 8.27. The first-order chi connectivity index (χ1) is 9.87. The summed E-state index contributed by atoms with van der Waals surface area (Å²) in [4.78, 5) is 4.75. The first-order valence-corrected chi connectivity index (χ1v) is 7.90. The average Bonchev–Trinajstić information content (AvgIpc) is 2.64. The van der Waals surface area contributed by atoms with Crippen molar-refractivity contribution in [3.8, 4) is 0 Å². The maximum absolute atomic E-state index is 5.96. The number of hydrogen-bond donors (Lipinski definition) is 0. The Bertz CT molecular complexity index is 550. The number of pyridine rings is 1. The van der Waals surface area contributed by atoms with Crippen LogP contribution in [0.5, 0.6) is 0 Å². The maximum atomic E-state index is 5.96. The molecule has 3 rings (SSSR count). The van der Waals surface area contributed by atoms with Gasteiger partial charge >= 0.3 is 7.12 Å². The molecule has 112 valence electrons. The van der Waals surface area contributed by atoms with Crippen LogP contribution in [0, 0.1) is 0 Å². The van der Waals surface area contributed by atoms with Gasteiger partial charge < -0.3 is 9.31 Å². The van der Waals surface area contributed by atoms with E-state index in [2.05, 4.69) is 39.8 Å². The molecular weight excluding hydrogens is 261 g/mol. The van der Waals surface area contributed by atoms with Crippen LogP contribution in [0.2, 0.25) is 0 Å². The first kappa shape index (κ1) is 14.8. The second kappa shape index (κ2) is 5.26. The summed E-state index contributed by atoms with van der Waals surface area (Å²) >= 11 is 0. The van der Waals surface area contributed by atoms with Gasteiger partial charge in [-0.05, 0) is 71.1 Å². The molecule has 0 N–H and O–H groups in total. The highest BCUT2D eigenvalue weighted by Crippen LogP contribution is 2.37. The van der Waals surface area contributed by atoms with Gasteiger partial charge in [0.1, 0.15) is 0 Å². The molecule has 1 saturated heterocycles. The van der Waals surface area contributed by atoms with E-state index in [0.717, 1.165) is 12.1 Å². The Morgan fingerprint density at radius 2 is 1.71 bits per heavy atom. The molecule has 4 heteroatoms. The van der Waals surface area contributed by atoms with E-state index in [4.69, 9.17) is 14.3 Å². The zero-order valence-corrected chi connectivity index (χ0v) is 13.5. The Morgan fingerprint density at radius 3 is 2.43 bits per heavy atom. The molecule has 2 aliphatic rings. The van der Waals surface area contributed by atoms with Crippen LogP contribution in [0.25, 0.3) is 6.08 Å². The van der Waals surface area contributed by atoms with Crippen molar-refractivity contribution in [1.82, 2.24) is 4.98 Å². The van der Waals surface area contributed by atoms with Crippen molar-refractivity contribution in [3.05, 3.63) is 35.1 Å².